The van der Waals surface area contributed by atoms with Crippen LogP contribution in [0.1, 0.15) is 18.8 Å². The van der Waals surface area contributed by atoms with E-state index in [0.29, 0.717) is 22.7 Å². The van der Waals surface area contributed by atoms with Gasteiger partial charge < -0.3 is 10.3 Å². The second kappa shape index (κ2) is 7.69. The number of benzene rings is 2. The van der Waals surface area contributed by atoms with Crippen LogP contribution in [0, 0.1) is 11.6 Å². The summed E-state index contributed by atoms with van der Waals surface area (Å²) in [4.78, 5) is 33.2. The van der Waals surface area contributed by atoms with Crippen molar-refractivity contribution < 1.29 is 8.78 Å². The average molecular weight is 434 g/mol. The number of hydrogen-bond donors (Lipinski definition) is 3. The van der Waals surface area contributed by atoms with E-state index in [2.05, 4.69) is 35.7 Å². The van der Waals surface area contributed by atoms with Crippen molar-refractivity contribution >= 4 is 33.6 Å². The maximum atomic E-state index is 14.5. The van der Waals surface area contributed by atoms with Gasteiger partial charge in [0.05, 0.1) is 23.6 Å². The van der Waals surface area contributed by atoms with Crippen LogP contribution in [-0.4, -0.2) is 29.6 Å². The van der Waals surface area contributed by atoms with Crippen molar-refractivity contribution in [3.8, 4) is 0 Å². The number of nitrogens with one attached hydrogen (secondary N) is 3. The zero-order valence-corrected chi connectivity index (χ0v) is 16.7. The summed E-state index contributed by atoms with van der Waals surface area (Å²) in [5.41, 5.74) is 3.98. The lowest BCUT2D eigenvalue weighted by Crippen LogP contribution is -2.33. The largest absolute Gasteiger partial charge is 0.358 e. The Kier molecular flexibility index (Phi) is 4.70. The fourth-order valence-electron chi connectivity index (χ4n) is 3.40. The first-order chi connectivity index (χ1) is 15.5. The fourth-order valence-corrected chi connectivity index (χ4v) is 3.40. The highest BCUT2D eigenvalue weighted by atomic mass is 19.1. The third kappa shape index (κ3) is 3.39. The van der Waals surface area contributed by atoms with Gasteiger partial charge in [0.1, 0.15) is 28.9 Å². The standard InChI is InChI=1S/C21H16F2N8O/c1-11(28-19-17-18(25-9-24-17)26-10-27-19)20-29-15-4-2-3-14(23)16(15)21(32)31(20)30-13-7-5-12(22)6-8-13/h2-11,30H,1H3,(H2,24,25,26,27,28)/t11-/m0/s1. The Bertz CT molecular complexity index is 1500. The van der Waals surface area contributed by atoms with Crippen LogP contribution in [0.3, 0.4) is 0 Å². The molecule has 3 N–H and O–H groups in total. The first-order valence-corrected chi connectivity index (χ1v) is 9.65. The minimum atomic E-state index is -0.684. The second-order valence-electron chi connectivity index (χ2n) is 7.05. The van der Waals surface area contributed by atoms with Gasteiger partial charge in [-0.2, -0.15) is 0 Å². The monoisotopic (exact) mass is 434 g/mol. The summed E-state index contributed by atoms with van der Waals surface area (Å²) >= 11 is 0. The van der Waals surface area contributed by atoms with Crippen molar-refractivity contribution in [3.63, 3.8) is 0 Å². The van der Waals surface area contributed by atoms with Gasteiger partial charge in [-0.3, -0.25) is 10.2 Å². The van der Waals surface area contributed by atoms with E-state index in [1.54, 1.807) is 13.0 Å². The van der Waals surface area contributed by atoms with Crippen LogP contribution in [0.4, 0.5) is 20.3 Å². The van der Waals surface area contributed by atoms with Crippen LogP contribution in [0.2, 0.25) is 0 Å². The van der Waals surface area contributed by atoms with Gasteiger partial charge in [0.15, 0.2) is 17.3 Å². The average Bonchev–Trinajstić information content (AvgIpc) is 3.27. The van der Waals surface area contributed by atoms with E-state index < -0.39 is 23.2 Å². The van der Waals surface area contributed by atoms with E-state index in [9.17, 15) is 13.6 Å². The lowest BCUT2D eigenvalue weighted by atomic mass is 10.2. The molecule has 2 aromatic carbocycles. The molecule has 3 aromatic heterocycles. The molecular weight excluding hydrogens is 418 g/mol. The Labute approximate surface area is 179 Å². The van der Waals surface area contributed by atoms with E-state index in [4.69, 9.17) is 0 Å². The van der Waals surface area contributed by atoms with Crippen LogP contribution in [0.25, 0.3) is 22.1 Å². The molecule has 0 radical (unpaired) electrons. The smallest absolute Gasteiger partial charge is 0.283 e. The van der Waals surface area contributed by atoms with Gasteiger partial charge in [-0.1, -0.05) is 6.07 Å². The third-order valence-corrected chi connectivity index (χ3v) is 4.92. The van der Waals surface area contributed by atoms with Crippen molar-refractivity contribution in [2.45, 2.75) is 13.0 Å². The summed E-state index contributed by atoms with van der Waals surface area (Å²) in [6, 6.07) is 9.13. The van der Waals surface area contributed by atoms with E-state index in [-0.39, 0.29) is 16.7 Å². The molecular formula is C21H16F2N8O. The zero-order chi connectivity index (χ0) is 22.2. The first-order valence-electron chi connectivity index (χ1n) is 9.65. The highest BCUT2D eigenvalue weighted by molar-refractivity contribution is 5.82. The molecule has 0 fully saturated rings. The quantitative estimate of drug-likeness (QED) is 0.389. The van der Waals surface area contributed by atoms with Gasteiger partial charge in [0, 0.05) is 0 Å². The number of rotatable bonds is 5. The molecule has 160 valence electrons. The molecule has 1 atom stereocenters. The number of fused-ring (bicyclic) bond motifs is 2. The molecule has 11 heteroatoms. The SMILES string of the molecule is C[C@H](Nc1ncnc2nc[nH]c12)c1nc2cccc(F)c2c(=O)n1Nc1ccc(F)cc1. The Balaban J connectivity index is 1.64. The molecule has 9 nitrogen and oxygen atoms in total. The van der Waals surface area contributed by atoms with E-state index in [1.807, 2.05) is 0 Å². The lowest BCUT2D eigenvalue weighted by Gasteiger charge is -2.21. The highest BCUT2D eigenvalue weighted by Gasteiger charge is 2.20. The zero-order valence-electron chi connectivity index (χ0n) is 16.7. The molecule has 3 heterocycles. The van der Waals surface area contributed by atoms with Gasteiger partial charge in [0.25, 0.3) is 5.56 Å². The maximum Gasteiger partial charge on any atom is 0.283 e. The molecule has 0 saturated carbocycles. The van der Waals surface area contributed by atoms with Gasteiger partial charge in [-0.25, -0.2) is 33.4 Å². The van der Waals surface area contributed by atoms with Crippen molar-refractivity contribution in [2.24, 2.45) is 0 Å². The summed E-state index contributed by atoms with van der Waals surface area (Å²) in [6.07, 6.45) is 2.86. The third-order valence-electron chi connectivity index (χ3n) is 4.92. The predicted molar refractivity (Wildman–Crippen MR) is 115 cm³/mol. The summed E-state index contributed by atoms with van der Waals surface area (Å²) in [5, 5.41) is 3.03. The maximum absolute atomic E-state index is 14.5. The molecule has 0 aliphatic carbocycles. The molecule has 5 rings (SSSR count). The molecule has 0 bridgehead atoms. The van der Waals surface area contributed by atoms with Crippen molar-refractivity contribution in [1.29, 1.82) is 0 Å². The van der Waals surface area contributed by atoms with Crippen LogP contribution in [0.5, 0.6) is 0 Å². The van der Waals surface area contributed by atoms with E-state index in [0.717, 1.165) is 4.68 Å². The summed E-state index contributed by atoms with van der Waals surface area (Å²) < 4.78 is 28.9. The number of anilines is 2. The molecule has 5 aromatic rings. The molecule has 0 unspecified atom stereocenters. The Morgan fingerprint density at radius 1 is 1.06 bits per heavy atom. The summed E-state index contributed by atoms with van der Waals surface area (Å²) in [5.74, 6) is -0.379. The minimum absolute atomic E-state index is 0.156. The summed E-state index contributed by atoms with van der Waals surface area (Å²) in [7, 11) is 0. The summed E-state index contributed by atoms with van der Waals surface area (Å²) in [6.45, 7) is 1.78. The Morgan fingerprint density at radius 3 is 2.69 bits per heavy atom. The van der Waals surface area contributed by atoms with Gasteiger partial charge >= 0.3 is 0 Å². The predicted octanol–water partition coefficient (Wildman–Crippen LogP) is 3.39. The number of imidazole rings is 1. The molecule has 0 spiro atoms. The van der Waals surface area contributed by atoms with Crippen LogP contribution in [-0.2, 0) is 0 Å². The number of aromatic amines is 1. The molecule has 0 aliphatic heterocycles. The number of hydrogen-bond acceptors (Lipinski definition) is 7. The number of halogens is 2. The Hall–Kier alpha value is -4.41. The number of aromatic nitrogens is 6. The molecule has 0 aliphatic rings. The van der Waals surface area contributed by atoms with Crippen molar-refractivity contribution in [1.82, 2.24) is 29.6 Å². The molecule has 0 saturated heterocycles. The number of nitrogens with zero attached hydrogens (tertiary/aromatic N) is 5. The van der Waals surface area contributed by atoms with Crippen LogP contribution >= 0.6 is 0 Å². The van der Waals surface area contributed by atoms with Crippen LogP contribution < -0.4 is 16.3 Å². The van der Waals surface area contributed by atoms with Gasteiger partial charge in [-0.15, -0.1) is 0 Å². The van der Waals surface area contributed by atoms with Gasteiger partial charge in [-0.05, 0) is 43.3 Å². The topological polar surface area (TPSA) is 113 Å². The minimum Gasteiger partial charge on any atom is -0.358 e. The van der Waals surface area contributed by atoms with Crippen molar-refractivity contribution in [3.05, 3.63) is 82.9 Å². The number of H-pyrrole nitrogens is 1. The van der Waals surface area contributed by atoms with E-state index in [1.165, 1.54) is 49.1 Å². The normalized spacial score (nSPS) is 12.2. The lowest BCUT2D eigenvalue weighted by molar-refractivity contribution is 0.627. The van der Waals surface area contributed by atoms with E-state index >= 15 is 0 Å². The van der Waals surface area contributed by atoms with Crippen molar-refractivity contribution in [2.75, 3.05) is 10.7 Å². The highest BCUT2D eigenvalue weighted by Crippen LogP contribution is 2.23. The Morgan fingerprint density at radius 2 is 1.88 bits per heavy atom. The van der Waals surface area contributed by atoms with Crippen LogP contribution in [0.15, 0.2) is 59.9 Å². The molecule has 0 amide bonds. The first kappa shape index (κ1) is 19.5. The molecule has 32 heavy (non-hydrogen) atoms. The van der Waals surface area contributed by atoms with Gasteiger partial charge in [0.2, 0.25) is 0 Å². The fraction of sp³-hybridized carbons (Fsp3) is 0.0952. The second-order valence-corrected chi connectivity index (χ2v) is 7.05.